The molecular weight excluding hydrogens is 422 g/mol. The largest absolute Gasteiger partial charge is 0.376 e. The van der Waals surface area contributed by atoms with E-state index in [4.69, 9.17) is 0 Å². The van der Waals surface area contributed by atoms with Crippen LogP contribution in [0.15, 0.2) is 79.5 Å². The van der Waals surface area contributed by atoms with Crippen LogP contribution in [-0.2, 0) is 0 Å². The van der Waals surface area contributed by atoms with Crippen molar-refractivity contribution >= 4 is 33.9 Å². The molecule has 7 heteroatoms. The molecule has 2 aromatic carbocycles. The maximum Gasteiger partial charge on any atom is 0.142 e. The number of hydrogen-bond acceptors (Lipinski definition) is 6. The summed E-state index contributed by atoms with van der Waals surface area (Å²) in [6.07, 6.45) is 5.87. The predicted molar refractivity (Wildman–Crippen MR) is 142 cm³/mol. The van der Waals surface area contributed by atoms with Gasteiger partial charge in [0.05, 0.1) is 16.8 Å². The highest BCUT2D eigenvalue weighted by Crippen LogP contribution is 2.33. The molecule has 1 aliphatic rings. The Balaban J connectivity index is 1.29. The molecule has 0 bridgehead atoms. The maximum atomic E-state index is 4.61. The average molecular weight is 454 g/mol. The van der Waals surface area contributed by atoms with Crippen molar-refractivity contribution in [2.45, 2.75) is 18.8 Å². The first kappa shape index (κ1) is 21.8. The molecular formula is C27H31N7. The second-order valence-electron chi connectivity index (χ2n) is 8.99. The van der Waals surface area contributed by atoms with Crippen LogP contribution in [-0.4, -0.2) is 42.1 Å². The van der Waals surface area contributed by atoms with Crippen LogP contribution in [0, 0.1) is 0 Å². The van der Waals surface area contributed by atoms with Crippen LogP contribution in [0.4, 0.5) is 22.9 Å². The molecule has 0 radical (unpaired) electrons. The summed E-state index contributed by atoms with van der Waals surface area (Å²) in [4.78, 5) is 16.6. The molecule has 1 unspecified atom stereocenters. The van der Waals surface area contributed by atoms with Gasteiger partial charge >= 0.3 is 0 Å². The van der Waals surface area contributed by atoms with Crippen LogP contribution >= 0.6 is 0 Å². The Kier molecular flexibility index (Phi) is 6.08. The molecule has 3 heterocycles. The van der Waals surface area contributed by atoms with Gasteiger partial charge in [0, 0.05) is 45.0 Å². The Bertz CT molecular complexity index is 1290. The predicted octanol–water partition coefficient (Wildman–Crippen LogP) is 5.40. The van der Waals surface area contributed by atoms with Gasteiger partial charge in [0.1, 0.15) is 23.6 Å². The Hall–Kier alpha value is -4.00. The lowest BCUT2D eigenvalue weighted by atomic mass is 9.90. The summed E-state index contributed by atoms with van der Waals surface area (Å²) in [5, 5.41) is 7.93. The molecule has 34 heavy (non-hydrogen) atoms. The lowest BCUT2D eigenvalue weighted by Gasteiger charge is -2.34. The zero-order chi connectivity index (χ0) is 23.5. The number of benzene rings is 2. The molecule has 0 aliphatic carbocycles. The molecule has 0 saturated carbocycles. The normalized spacial score (nSPS) is 15.8. The maximum absolute atomic E-state index is 4.61. The summed E-state index contributed by atoms with van der Waals surface area (Å²) < 4.78 is 0. The number of aromatic amines is 1. The van der Waals surface area contributed by atoms with Gasteiger partial charge in [-0.05, 0) is 48.7 Å². The topological polar surface area (TPSA) is 72.1 Å². The summed E-state index contributed by atoms with van der Waals surface area (Å²) in [5.74, 6) is 2.20. The standard InChI is InChI=1S/C27H31N7/c1-19(32-24-11-4-5-12-25(24)33(2)3)31-22-10-6-8-20(16-22)21-9-7-15-34(17-21)27-23-13-14-28-26(23)29-18-30-27/h4-6,8,10-14,16,18,21,31-32H,1,7,9,15,17H2,2-3H3,(H,28,29,30). The molecule has 1 aliphatic heterocycles. The molecule has 4 aromatic rings. The summed E-state index contributed by atoms with van der Waals surface area (Å²) in [6, 6.07) is 18.9. The zero-order valence-corrected chi connectivity index (χ0v) is 19.8. The molecule has 1 atom stereocenters. The van der Waals surface area contributed by atoms with E-state index in [0.29, 0.717) is 5.92 Å². The third-order valence-corrected chi connectivity index (χ3v) is 6.38. The van der Waals surface area contributed by atoms with Gasteiger partial charge in [-0.2, -0.15) is 0 Å². The minimum Gasteiger partial charge on any atom is -0.376 e. The Morgan fingerprint density at radius 2 is 1.97 bits per heavy atom. The molecule has 1 fully saturated rings. The molecule has 7 nitrogen and oxygen atoms in total. The van der Waals surface area contributed by atoms with Crippen molar-refractivity contribution in [1.29, 1.82) is 0 Å². The summed E-state index contributed by atoms with van der Waals surface area (Å²) in [6.45, 7) is 6.15. The average Bonchev–Trinajstić information content (AvgIpc) is 3.33. The van der Waals surface area contributed by atoms with Crippen LogP contribution in [0.1, 0.15) is 24.3 Å². The Morgan fingerprint density at radius 3 is 2.85 bits per heavy atom. The number of nitrogens with one attached hydrogen (secondary N) is 3. The third kappa shape index (κ3) is 4.55. The van der Waals surface area contributed by atoms with Crippen molar-refractivity contribution in [2.24, 2.45) is 0 Å². The molecule has 174 valence electrons. The minimum absolute atomic E-state index is 0.440. The SMILES string of the molecule is C=C(Nc1cccc(C2CCCN(c3ncnc4[nH]ccc34)C2)c1)Nc1ccccc1N(C)C. The van der Waals surface area contributed by atoms with Crippen molar-refractivity contribution in [3.63, 3.8) is 0 Å². The second kappa shape index (κ2) is 9.47. The van der Waals surface area contributed by atoms with Gasteiger partial charge in [0.15, 0.2) is 0 Å². The first-order chi connectivity index (χ1) is 16.6. The highest BCUT2D eigenvalue weighted by atomic mass is 15.2. The fraction of sp³-hybridized carbons (Fsp3) is 0.259. The summed E-state index contributed by atoms with van der Waals surface area (Å²) in [7, 11) is 4.08. The van der Waals surface area contributed by atoms with E-state index >= 15 is 0 Å². The van der Waals surface area contributed by atoms with Crippen LogP contribution in [0.3, 0.4) is 0 Å². The second-order valence-corrected chi connectivity index (χ2v) is 8.99. The monoisotopic (exact) mass is 453 g/mol. The number of rotatable bonds is 7. The van der Waals surface area contributed by atoms with Crippen molar-refractivity contribution in [3.8, 4) is 0 Å². The minimum atomic E-state index is 0.440. The van der Waals surface area contributed by atoms with E-state index < -0.39 is 0 Å². The highest BCUT2D eigenvalue weighted by Gasteiger charge is 2.24. The molecule has 2 aromatic heterocycles. The quantitative estimate of drug-likeness (QED) is 0.348. The molecule has 0 amide bonds. The van der Waals surface area contributed by atoms with Crippen molar-refractivity contribution in [3.05, 3.63) is 85.1 Å². The van der Waals surface area contributed by atoms with E-state index in [1.165, 1.54) is 5.56 Å². The van der Waals surface area contributed by atoms with Crippen LogP contribution < -0.4 is 20.4 Å². The van der Waals surface area contributed by atoms with E-state index in [-0.39, 0.29) is 0 Å². The van der Waals surface area contributed by atoms with E-state index in [9.17, 15) is 0 Å². The van der Waals surface area contributed by atoms with E-state index in [1.54, 1.807) is 6.33 Å². The number of H-pyrrole nitrogens is 1. The number of fused-ring (bicyclic) bond motifs is 1. The van der Waals surface area contributed by atoms with Crippen LogP contribution in [0.2, 0.25) is 0 Å². The lowest BCUT2D eigenvalue weighted by molar-refractivity contribution is 0.508. The van der Waals surface area contributed by atoms with Gasteiger partial charge in [0.25, 0.3) is 0 Å². The van der Waals surface area contributed by atoms with Gasteiger partial charge in [-0.15, -0.1) is 0 Å². The number of piperidine rings is 1. The first-order valence-electron chi connectivity index (χ1n) is 11.7. The van der Waals surface area contributed by atoms with E-state index in [2.05, 4.69) is 84.4 Å². The van der Waals surface area contributed by atoms with E-state index in [0.717, 1.165) is 65.7 Å². The van der Waals surface area contributed by atoms with Crippen molar-refractivity contribution in [2.75, 3.05) is 47.6 Å². The third-order valence-electron chi connectivity index (χ3n) is 6.38. The molecule has 5 rings (SSSR count). The Labute approximate surface area is 200 Å². The van der Waals surface area contributed by atoms with Crippen molar-refractivity contribution in [1.82, 2.24) is 15.0 Å². The van der Waals surface area contributed by atoms with Gasteiger partial charge < -0.3 is 25.4 Å². The fourth-order valence-corrected chi connectivity index (χ4v) is 4.76. The van der Waals surface area contributed by atoms with Crippen molar-refractivity contribution < 1.29 is 0 Å². The summed E-state index contributed by atoms with van der Waals surface area (Å²) >= 11 is 0. The summed E-state index contributed by atoms with van der Waals surface area (Å²) in [5.41, 5.74) is 5.38. The molecule has 0 spiro atoms. The van der Waals surface area contributed by atoms with Gasteiger partial charge in [-0.1, -0.05) is 30.8 Å². The number of aromatic nitrogens is 3. The number of hydrogen-bond donors (Lipinski definition) is 3. The van der Waals surface area contributed by atoms with Gasteiger partial charge in [-0.25, -0.2) is 9.97 Å². The molecule has 3 N–H and O–H groups in total. The highest BCUT2D eigenvalue weighted by molar-refractivity contribution is 5.87. The first-order valence-corrected chi connectivity index (χ1v) is 11.7. The number of nitrogens with zero attached hydrogens (tertiary/aromatic N) is 4. The smallest absolute Gasteiger partial charge is 0.142 e. The Morgan fingerprint density at radius 1 is 1.09 bits per heavy atom. The molecule has 1 saturated heterocycles. The van der Waals surface area contributed by atoms with Gasteiger partial charge in [-0.3, -0.25) is 0 Å². The zero-order valence-electron chi connectivity index (χ0n) is 19.8. The number of anilines is 4. The van der Waals surface area contributed by atoms with Crippen LogP contribution in [0.25, 0.3) is 11.0 Å². The lowest BCUT2D eigenvalue weighted by Crippen LogP contribution is -2.35. The number of para-hydroxylation sites is 2. The fourth-order valence-electron chi connectivity index (χ4n) is 4.76. The van der Waals surface area contributed by atoms with Crippen LogP contribution in [0.5, 0.6) is 0 Å². The van der Waals surface area contributed by atoms with E-state index in [1.807, 2.05) is 32.4 Å². The van der Waals surface area contributed by atoms with Gasteiger partial charge in [0.2, 0.25) is 0 Å².